The van der Waals surface area contributed by atoms with E-state index in [0.717, 1.165) is 51.9 Å². The van der Waals surface area contributed by atoms with Crippen LogP contribution in [0, 0.1) is 0 Å². The standard InChI is InChI=1S/C16H29N5O2.HI/c1-13(22)20-10-6-14(7-11-20)19-16(17-2)18-12-15(23)21-8-4-3-5-9-21;/h14H,3-12H2,1-2H3,(H2,17,18,19);1H. The number of hydrogen-bond acceptors (Lipinski definition) is 3. The fraction of sp³-hybridized carbons (Fsp3) is 0.812. The quantitative estimate of drug-likeness (QED) is 0.378. The van der Waals surface area contributed by atoms with Crippen LogP contribution in [-0.2, 0) is 9.59 Å². The third-order valence-corrected chi connectivity index (χ3v) is 4.62. The molecule has 2 N–H and O–H groups in total. The molecule has 2 aliphatic rings. The molecule has 0 aromatic carbocycles. The zero-order chi connectivity index (χ0) is 16.7. The molecule has 2 amide bonds. The van der Waals surface area contributed by atoms with Gasteiger partial charge in [0.1, 0.15) is 0 Å². The van der Waals surface area contributed by atoms with Crippen LogP contribution < -0.4 is 10.6 Å². The molecule has 0 aliphatic carbocycles. The molecule has 8 heteroatoms. The Bertz CT molecular complexity index is 444. The largest absolute Gasteiger partial charge is 0.354 e. The van der Waals surface area contributed by atoms with Crippen molar-refractivity contribution in [2.75, 3.05) is 39.8 Å². The Hall–Kier alpha value is -1.06. The molecule has 0 saturated carbocycles. The zero-order valence-corrected chi connectivity index (χ0v) is 17.0. The van der Waals surface area contributed by atoms with Crippen LogP contribution in [0.4, 0.5) is 0 Å². The Balaban J connectivity index is 0.00000288. The summed E-state index contributed by atoms with van der Waals surface area (Å²) < 4.78 is 0. The van der Waals surface area contributed by atoms with Crippen molar-refractivity contribution in [1.29, 1.82) is 0 Å². The van der Waals surface area contributed by atoms with Crippen LogP contribution >= 0.6 is 24.0 Å². The average Bonchev–Trinajstić information content (AvgIpc) is 2.59. The topological polar surface area (TPSA) is 77.0 Å². The predicted molar refractivity (Wildman–Crippen MR) is 106 cm³/mol. The third-order valence-electron chi connectivity index (χ3n) is 4.62. The Kier molecular flexibility index (Phi) is 9.38. The third kappa shape index (κ3) is 6.45. The molecule has 138 valence electrons. The molecule has 2 rings (SSSR count). The maximum atomic E-state index is 12.2. The van der Waals surface area contributed by atoms with Gasteiger partial charge in [0.25, 0.3) is 0 Å². The highest BCUT2D eigenvalue weighted by atomic mass is 127. The van der Waals surface area contributed by atoms with E-state index < -0.39 is 0 Å². The molecule has 0 radical (unpaired) electrons. The van der Waals surface area contributed by atoms with Gasteiger partial charge in [-0.15, -0.1) is 24.0 Å². The number of halogens is 1. The molecular weight excluding hydrogens is 421 g/mol. The smallest absolute Gasteiger partial charge is 0.241 e. The molecule has 0 unspecified atom stereocenters. The van der Waals surface area contributed by atoms with Crippen molar-refractivity contribution in [2.24, 2.45) is 4.99 Å². The summed E-state index contributed by atoms with van der Waals surface area (Å²) in [6.07, 6.45) is 5.24. The van der Waals surface area contributed by atoms with Gasteiger partial charge in [-0.25, -0.2) is 0 Å². The van der Waals surface area contributed by atoms with E-state index in [1.807, 2.05) is 9.80 Å². The molecule has 2 aliphatic heterocycles. The lowest BCUT2D eigenvalue weighted by molar-refractivity contribution is -0.131. The average molecular weight is 451 g/mol. The van der Waals surface area contributed by atoms with Crippen molar-refractivity contribution in [3.8, 4) is 0 Å². The van der Waals surface area contributed by atoms with E-state index in [1.165, 1.54) is 6.42 Å². The number of piperidine rings is 2. The maximum Gasteiger partial charge on any atom is 0.241 e. The second-order valence-electron chi connectivity index (χ2n) is 6.29. The number of carbonyl (C=O) groups is 2. The van der Waals surface area contributed by atoms with Gasteiger partial charge in [-0.2, -0.15) is 0 Å². The molecule has 24 heavy (non-hydrogen) atoms. The summed E-state index contributed by atoms with van der Waals surface area (Å²) >= 11 is 0. The Labute approximate surface area is 161 Å². The first-order valence-corrected chi connectivity index (χ1v) is 8.60. The number of nitrogens with one attached hydrogen (secondary N) is 2. The van der Waals surface area contributed by atoms with E-state index in [9.17, 15) is 9.59 Å². The van der Waals surface area contributed by atoms with Crippen molar-refractivity contribution in [3.05, 3.63) is 0 Å². The number of aliphatic imine (C=N–C) groups is 1. The lowest BCUT2D eigenvalue weighted by Crippen LogP contribution is -2.51. The predicted octanol–water partition coefficient (Wildman–Crippen LogP) is 0.793. The number of carbonyl (C=O) groups excluding carboxylic acids is 2. The number of hydrogen-bond donors (Lipinski definition) is 2. The van der Waals surface area contributed by atoms with Gasteiger partial charge >= 0.3 is 0 Å². The second-order valence-corrected chi connectivity index (χ2v) is 6.29. The molecule has 0 spiro atoms. The van der Waals surface area contributed by atoms with Crippen molar-refractivity contribution in [2.45, 2.75) is 45.1 Å². The van der Waals surface area contributed by atoms with Crippen LogP contribution in [0.25, 0.3) is 0 Å². The van der Waals surface area contributed by atoms with Gasteiger partial charge < -0.3 is 20.4 Å². The lowest BCUT2D eigenvalue weighted by Gasteiger charge is -2.32. The van der Waals surface area contributed by atoms with E-state index in [0.29, 0.717) is 12.0 Å². The number of guanidine groups is 1. The van der Waals surface area contributed by atoms with E-state index in [-0.39, 0.29) is 42.3 Å². The summed E-state index contributed by atoms with van der Waals surface area (Å²) in [5.41, 5.74) is 0. The summed E-state index contributed by atoms with van der Waals surface area (Å²) in [4.78, 5) is 31.5. The Morgan fingerprint density at radius 1 is 1.04 bits per heavy atom. The molecule has 2 saturated heterocycles. The van der Waals surface area contributed by atoms with Crippen LogP contribution in [0.2, 0.25) is 0 Å². The van der Waals surface area contributed by atoms with Crippen molar-refractivity contribution >= 4 is 41.8 Å². The Morgan fingerprint density at radius 2 is 1.67 bits per heavy atom. The van der Waals surface area contributed by atoms with E-state index in [2.05, 4.69) is 15.6 Å². The molecule has 0 atom stereocenters. The fourth-order valence-electron chi connectivity index (χ4n) is 3.14. The minimum atomic E-state index is 0. The van der Waals surface area contributed by atoms with Crippen LogP contribution in [0.15, 0.2) is 4.99 Å². The summed E-state index contributed by atoms with van der Waals surface area (Å²) in [6.45, 7) is 5.19. The number of amides is 2. The first-order chi connectivity index (χ1) is 11.1. The molecular formula is C16H30IN5O2. The number of rotatable bonds is 3. The van der Waals surface area contributed by atoms with Gasteiger partial charge in [0.15, 0.2) is 5.96 Å². The number of nitrogens with zero attached hydrogens (tertiary/aromatic N) is 3. The van der Waals surface area contributed by atoms with Crippen molar-refractivity contribution in [3.63, 3.8) is 0 Å². The summed E-state index contributed by atoms with van der Waals surface area (Å²) in [6, 6.07) is 0.293. The SMILES string of the molecule is CN=C(NCC(=O)N1CCCCC1)NC1CCN(C(C)=O)CC1.I. The normalized spacial score (nSPS) is 19.5. The first kappa shape index (κ1) is 21.0. The van der Waals surface area contributed by atoms with Crippen LogP contribution in [0.5, 0.6) is 0 Å². The zero-order valence-electron chi connectivity index (χ0n) is 14.7. The highest BCUT2D eigenvalue weighted by molar-refractivity contribution is 14.0. The summed E-state index contributed by atoms with van der Waals surface area (Å²) in [7, 11) is 1.71. The van der Waals surface area contributed by atoms with Gasteiger partial charge in [-0.1, -0.05) is 0 Å². The fourth-order valence-corrected chi connectivity index (χ4v) is 3.14. The minimum absolute atomic E-state index is 0. The Morgan fingerprint density at radius 3 is 2.21 bits per heavy atom. The lowest BCUT2D eigenvalue weighted by atomic mass is 10.1. The van der Waals surface area contributed by atoms with E-state index in [4.69, 9.17) is 0 Å². The highest BCUT2D eigenvalue weighted by Crippen LogP contribution is 2.10. The molecule has 0 bridgehead atoms. The van der Waals surface area contributed by atoms with Crippen molar-refractivity contribution < 1.29 is 9.59 Å². The van der Waals surface area contributed by atoms with Gasteiger partial charge in [0.05, 0.1) is 6.54 Å². The summed E-state index contributed by atoms with van der Waals surface area (Å²) in [5, 5.41) is 6.47. The van der Waals surface area contributed by atoms with Gasteiger partial charge in [0.2, 0.25) is 11.8 Å². The van der Waals surface area contributed by atoms with Crippen molar-refractivity contribution in [1.82, 2.24) is 20.4 Å². The summed E-state index contributed by atoms with van der Waals surface area (Å²) in [5.74, 6) is 0.939. The highest BCUT2D eigenvalue weighted by Gasteiger charge is 2.22. The van der Waals surface area contributed by atoms with Gasteiger partial charge in [-0.05, 0) is 32.1 Å². The monoisotopic (exact) mass is 451 g/mol. The van der Waals surface area contributed by atoms with E-state index >= 15 is 0 Å². The molecule has 2 heterocycles. The minimum Gasteiger partial charge on any atom is -0.354 e. The van der Waals surface area contributed by atoms with Gasteiger partial charge in [0, 0.05) is 46.2 Å². The molecule has 2 fully saturated rings. The molecule has 7 nitrogen and oxygen atoms in total. The number of likely N-dealkylation sites (tertiary alicyclic amines) is 2. The first-order valence-electron chi connectivity index (χ1n) is 8.60. The van der Waals surface area contributed by atoms with Crippen LogP contribution in [0.3, 0.4) is 0 Å². The van der Waals surface area contributed by atoms with Crippen LogP contribution in [-0.4, -0.2) is 73.4 Å². The molecule has 0 aromatic rings. The second kappa shape index (κ2) is 10.7. The van der Waals surface area contributed by atoms with Gasteiger partial charge in [-0.3, -0.25) is 14.6 Å². The maximum absolute atomic E-state index is 12.2. The van der Waals surface area contributed by atoms with E-state index in [1.54, 1.807) is 14.0 Å². The van der Waals surface area contributed by atoms with Crippen LogP contribution in [0.1, 0.15) is 39.0 Å². The molecule has 0 aromatic heterocycles.